The Morgan fingerprint density at radius 1 is 1.33 bits per heavy atom. The average Bonchev–Trinajstić information content (AvgIpc) is 2.25. The molecule has 1 aromatic carbocycles. The van der Waals surface area contributed by atoms with Gasteiger partial charge in [0, 0.05) is 16.6 Å². The average molecular weight is 221 g/mol. The topological polar surface area (TPSA) is 38.9 Å². The molecule has 1 heterocycles. The van der Waals surface area contributed by atoms with E-state index in [1.54, 1.807) is 0 Å². The van der Waals surface area contributed by atoms with Gasteiger partial charge < -0.3 is 5.73 Å². The number of halogens is 1. The van der Waals surface area contributed by atoms with E-state index in [1.165, 1.54) is 5.56 Å². The molecule has 0 aliphatic carbocycles. The number of aromatic nitrogens is 1. The summed E-state index contributed by atoms with van der Waals surface area (Å²) in [5.41, 5.74) is 7.73. The fourth-order valence-corrected chi connectivity index (χ4v) is 1.96. The minimum Gasteiger partial charge on any atom is -0.330 e. The number of nitrogens with zero attached hydrogens (tertiary/aromatic N) is 1. The van der Waals surface area contributed by atoms with Gasteiger partial charge in [-0.05, 0) is 43.1 Å². The van der Waals surface area contributed by atoms with Gasteiger partial charge in [0.2, 0.25) is 0 Å². The molecule has 0 fully saturated rings. The van der Waals surface area contributed by atoms with E-state index >= 15 is 0 Å². The lowest BCUT2D eigenvalue weighted by atomic mass is 10.1. The van der Waals surface area contributed by atoms with Crippen molar-refractivity contribution in [2.24, 2.45) is 5.73 Å². The first-order valence-corrected chi connectivity index (χ1v) is 5.42. The normalized spacial score (nSPS) is 10.8. The molecule has 1 aromatic heterocycles. The summed E-state index contributed by atoms with van der Waals surface area (Å²) in [4.78, 5) is 4.38. The van der Waals surface area contributed by atoms with Gasteiger partial charge in [-0.25, -0.2) is 0 Å². The van der Waals surface area contributed by atoms with E-state index in [-0.39, 0.29) is 0 Å². The second-order valence-electron chi connectivity index (χ2n) is 3.53. The number of pyridine rings is 1. The minimum atomic E-state index is 0.695. The number of fused-ring (bicyclic) bond motifs is 1. The molecule has 0 aliphatic rings. The zero-order valence-corrected chi connectivity index (χ0v) is 9.17. The third-order valence-electron chi connectivity index (χ3n) is 2.40. The van der Waals surface area contributed by atoms with Crippen LogP contribution < -0.4 is 5.73 Å². The molecule has 2 N–H and O–H groups in total. The SMILES string of the molecule is NCCCc1cc(Cl)cc2cccnc12. The van der Waals surface area contributed by atoms with Crippen LogP contribution in [0.3, 0.4) is 0 Å². The van der Waals surface area contributed by atoms with Crippen molar-refractivity contribution in [3.05, 3.63) is 41.0 Å². The largest absolute Gasteiger partial charge is 0.330 e. The summed E-state index contributed by atoms with van der Waals surface area (Å²) in [6.07, 6.45) is 3.71. The van der Waals surface area contributed by atoms with E-state index in [9.17, 15) is 0 Å². The van der Waals surface area contributed by atoms with Crippen molar-refractivity contribution in [1.29, 1.82) is 0 Å². The van der Waals surface area contributed by atoms with Crippen LogP contribution in [0.15, 0.2) is 30.5 Å². The van der Waals surface area contributed by atoms with Crippen LogP contribution >= 0.6 is 11.6 Å². The quantitative estimate of drug-likeness (QED) is 0.864. The number of aryl methyl sites for hydroxylation is 1. The van der Waals surface area contributed by atoms with Gasteiger partial charge in [0.05, 0.1) is 5.52 Å². The van der Waals surface area contributed by atoms with Crippen LogP contribution in [0, 0.1) is 0 Å². The Bertz CT molecular complexity index is 468. The van der Waals surface area contributed by atoms with Crippen LogP contribution in [0.5, 0.6) is 0 Å². The van der Waals surface area contributed by atoms with Crippen molar-refractivity contribution in [3.63, 3.8) is 0 Å². The molecule has 3 heteroatoms. The van der Waals surface area contributed by atoms with Crippen molar-refractivity contribution in [2.45, 2.75) is 12.8 Å². The number of benzene rings is 1. The molecular formula is C12H13ClN2. The molecule has 0 saturated heterocycles. The zero-order valence-electron chi connectivity index (χ0n) is 8.41. The smallest absolute Gasteiger partial charge is 0.0734 e. The molecule has 0 aliphatic heterocycles. The molecule has 2 aromatic rings. The summed E-state index contributed by atoms with van der Waals surface area (Å²) in [7, 11) is 0. The monoisotopic (exact) mass is 220 g/mol. The highest BCUT2D eigenvalue weighted by molar-refractivity contribution is 6.31. The van der Waals surface area contributed by atoms with Gasteiger partial charge in [-0.1, -0.05) is 17.7 Å². The van der Waals surface area contributed by atoms with Gasteiger partial charge in [-0.2, -0.15) is 0 Å². The van der Waals surface area contributed by atoms with Crippen LogP contribution in [0.1, 0.15) is 12.0 Å². The molecule has 0 saturated carbocycles. The second kappa shape index (κ2) is 4.60. The van der Waals surface area contributed by atoms with Gasteiger partial charge in [-0.15, -0.1) is 0 Å². The first-order valence-electron chi connectivity index (χ1n) is 5.04. The van der Waals surface area contributed by atoms with E-state index in [0.29, 0.717) is 6.54 Å². The van der Waals surface area contributed by atoms with Crippen LogP contribution in [0.2, 0.25) is 5.02 Å². The summed E-state index contributed by atoms with van der Waals surface area (Å²) >= 11 is 6.04. The highest BCUT2D eigenvalue weighted by atomic mass is 35.5. The molecular weight excluding hydrogens is 208 g/mol. The predicted molar refractivity (Wildman–Crippen MR) is 64.1 cm³/mol. The van der Waals surface area contributed by atoms with E-state index in [2.05, 4.69) is 4.98 Å². The Hall–Kier alpha value is -1.12. The highest BCUT2D eigenvalue weighted by Crippen LogP contribution is 2.22. The molecule has 78 valence electrons. The van der Waals surface area contributed by atoms with E-state index < -0.39 is 0 Å². The fraction of sp³-hybridized carbons (Fsp3) is 0.250. The van der Waals surface area contributed by atoms with Crippen molar-refractivity contribution in [2.75, 3.05) is 6.54 Å². The molecule has 2 rings (SSSR count). The van der Waals surface area contributed by atoms with Crippen molar-refractivity contribution < 1.29 is 0 Å². The molecule has 15 heavy (non-hydrogen) atoms. The first kappa shape index (κ1) is 10.4. The number of hydrogen-bond acceptors (Lipinski definition) is 2. The number of rotatable bonds is 3. The first-order chi connectivity index (χ1) is 7.31. The summed E-state index contributed by atoms with van der Waals surface area (Å²) < 4.78 is 0. The van der Waals surface area contributed by atoms with Crippen LogP contribution in [-0.2, 0) is 6.42 Å². The highest BCUT2D eigenvalue weighted by Gasteiger charge is 2.03. The van der Waals surface area contributed by atoms with Crippen LogP contribution in [0.25, 0.3) is 10.9 Å². The fourth-order valence-electron chi connectivity index (χ4n) is 1.71. The predicted octanol–water partition coefficient (Wildman–Crippen LogP) is 2.78. The lowest BCUT2D eigenvalue weighted by Crippen LogP contribution is -2.01. The summed E-state index contributed by atoms with van der Waals surface area (Å²) in [5.74, 6) is 0. The van der Waals surface area contributed by atoms with Gasteiger partial charge in [0.15, 0.2) is 0 Å². The Morgan fingerprint density at radius 2 is 2.20 bits per heavy atom. The van der Waals surface area contributed by atoms with Gasteiger partial charge in [0.25, 0.3) is 0 Å². The molecule has 0 bridgehead atoms. The van der Waals surface area contributed by atoms with Crippen molar-refractivity contribution in [3.8, 4) is 0 Å². The maximum absolute atomic E-state index is 6.04. The van der Waals surface area contributed by atoms with Gasteiger partial charge >= 0.3 is 0 Å². The molecule has 0 spiro atoms. The lowest BCUT2D eigenvalue weighted by molar-refractivity contribution is 0.835. The minimum absolute atomic E-state index is 0.695. The summed E-state index contributed by atoms with van der Waals surface area (Å²) in [6.45, 7) is 0.695. The molecule has 0 atom stereocenters. The third-order valence-corrected chi connectivity index (χ3v) is 2.62. The van der Waals surface area contributed by atoms with Crippen molar-refractivity contribution >= 4 is 22.5 Å². The summed E-state index contributed by atoms with van der Waals surface area (Å²) in [6, 6.07) is 7.87. The van der Waals surface area contributed by atoms with Crippen LogP contribution in [-0.4, -0.2) is 11.5 Å². The Morgan fingerprint density at radius 3 is 3.00 bits per heavy atom. The second-order valence-corrected chi connectivity index (χ2v) is 3.97. The van der Waals surface area contributed by atoms with E-state index in [0.717, 1.165) is 28.8 Å². The van der Waals surface area contributed by atoms with E-state index in [4.69, 9.17) is 17.3 Å². The lowest BCUT2D eigenvalue weighted by Gasteiger charge is -2.05. The Labute approximate surface area is 94.1 Å². The Balaban J connectivity index is 2.50. The third kappa shape index (κ3) is 2.28. The standard InChI is InChI=1S/C12H13ClN2/c13-11-7-9(3-1-5-14)12-10(8-11)4-2-6-15-12/h2,4,6-8H,1,3,5,14H2. The van der Waals surface area contributed by atoms with Gasteiger partial charge in [0.1, 0.15) is 0 Å². The maximum Gasteiger partial charge on any atom is 0.0734 e. The van der Waals surface area contributed by atoms with Crippen LogP contribution in [0.4, 0.5) is 0 Å². The number of hydrogen-bond donors (Lipinski definition) is 1. The van der Waals surface area contributed by atoms with E-state index in [1.807, 2.05) is 30.5 Å². The maximum atomic E-state index is 6.04. The molecule has 0 radical (unpaired) electrons. The zero-order chi connectivity index (χ0) is 10.7. The van der Waals surface area contributed by atoms with Crippen molar-refractivity contribution in [1.82, 2.24) is 4.98 Å². The molecule has 0 amide bonds. The van der Waals surface area contributed by atoms with Gasteiger partial charge in [-0.3, -0.25) is 4.98 Å². The molecule has 2 nitrogen and oxygen atoms in total. The number of nitrogens with two attached hydrogens (primary N) is 1. The summed E-state index contributed by atoms with van der Waals surface area (Å²) in [5, 5.41) is 1.86. The molecule has 0 unspecified atom stereocenters. The Kier molecular flexibility index (Phi) is 3.19.